The van der Waals surface area contributed by atoms with Crippen molar-refractivity contribution in [1.82, 2.24) is 19.5 Å². The number of aromatic nitrogens is 4. The number of benzene rings is 8. The van der Waals surface area contributed by atoms with Crippen LogP contribution in [0.25, 0.3) is 105 Å². The number of hydrogen-bond donors (Lipinski definition) is 0. The van der Waals surface area contributed by atoms with E-state index in [4.69, 9.17) is 19.4 Å². The van der Waals surface area contributed by atoms with Gasteiger partial charge in [-0.3, -0.25) is 4.57 Å². The molecule has 0 aliphatic heterocycles. The lowest BCUT2D eigenvalue weighted by molar-refractivity contribution is 0.669. The minimum absolute atomic E-state index is 0.553. The van der Waals surface area contributed by atoms with E-state index in [1.165, 1.54) is 10.8 Å². The molecule has 0 atom stereocenters. The Kier molecular flexibility index (Phi) is 5.60. The molecule has 0 fully saturated rings. The number of fused-ring (bicyclic) bond motifs is 10. The van der Waals surface area contributed by atoms with Gasteiger partial charge >= 0.3 is 0 Å². The van der Waals surface area contributed by atoms with Crippen LogP contribution in [-0.2, 0) is 0 Å². The van der Waals surface area contributed by atoms with E-state index in [1.807, 2.05) is 42.5 Å². The van der Waals surface area contributed by atoms with E-state index < -0.39 is 0 Å². The highest BCUT2D eigenvalue weighted by Gasteiger charge is 2.22. The molecule has 0 aliphatic rings. The van der Waals surface area contributed by atoms with Gasteiger partial charge in [0, 0.05) is 27.1 Å². The summed E-state index contributed by atoms with van der Waals surface area (Å²) in [5, 5.41) is 11.4. The molecule has 0 saturated carbocycles. The molecule has 0 aliphatic carbocycles. The molecule has 0 radical (unpaired) electrons. The zero-order valence-electron chi connectivity index (χ0n) is 26.7. The lowest BCUT2D eigenvalue weighted by atomic mass is 10.00. The lowest BCUT2D eigenvalue weighted by Crippen LogP contribution is -2.06. The van der Waals surface area contributed by atoms with Crippen LogP contribution >= 0.6 is 0 Å². The fourth-order valence-electron chi connectivity index (χ4n) is 7.64. The molecule has 5 nitrogen and oxygen atoms in total. The van der Waals surface area contributed by atoms with Crippen molar-refractivity contribution in [2.24, 2.45) is 0 Å². The van der Waals surface area contributed by atoms with E-state index in [1.54, 1.807) is 0 Å². The molecule has 0 saturated heterocycles. The predicted octanol–water partition coefficient (Wildman–Crippen LogP) is 11.7. The molecule has 11 aromatic rings. The molecule has 3 aromatic heterocycles. The van der Waals surface area contributed by atoms with Gasteiger partial charge < -0.3 is 4.42 Å². The highest BCUT2D eigenvalue weighted by molar-refractivity contribution is 6.22. The summed E-state index contributed by atoms with van der Waals surface area (Å²) in [7, 11) is 0. The van der Waals surface area contributed by atoms with Gasteiger partial charge in [-0.2, -0.15) is 9.97 Å². The average Bonchev–Trinajstić information content (AvgIpc) is 3.71. The first-order valence-electron chi connectivity index (χ1n) is 16.8. The van der Waals surface area contributed by atoms with Crippen LogP contribution in [0.2, 0.25) is 0 Å². The van der Waals surface area contributed by atoms with Gasteiger partial charge in [0.1, 0.15) is 11.2 Å². The molecule has 50 heavy (non-hydrogen) atoms. The van der Waals surface area contributed by atoms with Crippen molar-refractivity contribution in [2.45, 2.75) is 0 Å². The third-order valence-corrected chi connectivity index (χ3v) is 9.97. The van der Waals surface area contributed by atoms with Crippen molar-refractivity contribution in [3.63, 3.8) is 0 Å². The van der Waals surface area contributed by atoms with Crippen LogP contribution < -0.4 is 0 Å². The van der Waals surface area contributed by atoms with Crippen LogP contribution in [0, 0.1) is 0 Å². The van der Waals surface area contributed by atoms with Crippen LogP contribution in [0.15, 0.2) is 162 Å². The summed E-state index contributed by atoms with van der Waals surface area (Å²) in [4.78, 5) is 15.7. The van der Waals surface area contributed by atoms with Crippen LogP contribution in [0.5, 0.6) is 0 Å². The van der Waals surface area contributed by atoms with Crippen LogP contribution in [0.3, 0.4) is 0 Å². The molecule has 0 unspecified atom stereocenters. The summed E-state index contributed by atoms with van der Waals surface area (Å²) in [5.74, 6) is 1.71. The van der Waals surface area contributed by atoms with Crippen molar-refractivity contribution in [2.75, 3.05) is 0 Å². The van der Waals surface area contributed by atoms with Crippen LogP contribution in [0.4, 0.5) is 0 Å². The molecule has 232 valence electrons. The van der Waals surface area contributed by atoms with Crippen molar-refractivity contribution >= 4 is 76.1 Å². The first kappa shape index (κ1) is 27.1. The molecule has 11 rings (SSSR count). The van der Waals surface area contributed by atoms with Crippen molar-refractivity contribution in [1.29, 1.82) is 0 Å². The lowest BCUT2D eigenvalue weighted by Gasteiger charge is -2.12. The monoisotopic (exact) mass is 638 g/mol. The van der Waals surface area contributed by atoms with Crippen LogP contribution in [0.1, 0.15) is 0 Å². The Balaban J connectivity index is 1.29. The SMILES string of the molecule is c1ccc(-c2nc(-c3cc4ccccc4c4c3oc3ccccc34)nc(-n3c4cc5ccccc5cc4c4cc5ccccc5cc43)n2)cc1. The maximum atomic E-state index is 6.65. The summed E-state index contributed by atoms with van der Waals surface area (Å²) in [5.41, 5.74) is 5.41. The minimum Gasteiger partial charge on any atom is -0.455 e. The third kappa shape index (κ3) is 3.98. The Morgan fingerprint density at radius 3 is 1.64 bits per heavy atom. The van der Waals surface area contributed by atoms with Crippen molar-refractivity contribution in [3.05, 3.63) is 158 Å². The van der Waals surface area contributed by atoms with E-state index in [0.29, 0.717) is 17.6 Å². The molecule has 8 aromatic carbocycles. The number of para-hydroxylation sites is 1. The first-order chi connectivity index (χ1) is 24.8. The van der Waals surface area contributed by atoms with E-state index in [9.17, 15) is 0 Å². The van der Waals surface area contributed by atoms with Gasteiger partial charge in [-0.05, 0) is 68.7 Å². The second-order valence-corrected chi connectivity index (χ2v) is 12.9. The fourth-order valence-corrected chi connectivity index (χ4v) is 7.64. The van der Waals surface area contributed by atoms with E-state index >= 15 is 0 Å². The van der Waals surface area contributed by atoms with Gasteiger partial charge in [0.2, 0.25) is 5.95 Å². The molecule has 3 heterocycles. The highest BCUT2D eigenvalue weighted by Crippen LogP contribution is 2.41. The molecule has 0 N–H and O–H groups in total. The molecule has 0 amide bonds. The minimum atomic E-state index is 0.553. The topological polar surface area (TPSA) is 56.7 Å². The Bertz CT molecular complexity index is 3060. The van der Waals surface area contributed by atoms with Gasteiger partial charge in [-0.15, -0.1) is 0 Å². The predicted molar refractivity (Wildman–Crippen MR) is 205 cm³/mol. The Morgan fingerprint density at radius 2 is 0.960 bits per heavy atom. The molecular formula is C45H26N4O. The zero-order chi connectivity index (χ0) is 32.8. The number of furan rings is 1. The summed E-state index contributed by atoms with van der Waals surface area (Å²) < 4.78 is 8.86. The second kappa shape index (κ2) is 10.3. The maximum absolute atomic E-state index is 6.65. The number of rotatable bonds is 3. The standard InChI is InChI=1S/C45H26N4O/c1-2-12-27(13-3-1)43-46-44(37-24-32-18-8-9-19-33(32)41-34-20-10-11-21-40(34)50-42(37)41)48-45(47-43)49-38-25-30-16-6-4-14-28(30)22-35(38)36-23-29-15-5-7-17-31(29)26-39(36)49/h1-26H. The Hall–Kier alpha value is -6.85. The average molecular weight is 639 g/mol. The van der Waals surface area contributed by atoms with Gasteiger partial charge in [0.25, 0.3) is 0 Å². The normalized spacial score (nSPS) is 12.0. The summed E-state index contributed by atoms with van der Waals surface area (Å²) >= 11 is 0. The summed E-state index contributed by atoms with van der Waals surface area (Å²) in [6.45, 7) is 0. The smallest absolute Gasteiger partial charge is 0.238 e. The largest absolute Gasteiger partial charge is 0.455 e. The molecular weight excluding hydrogens is 613 g/mol. The van der Waals surface area contributed by atoms with E-state index in [0.717, 1.165) is 76.4 Å². The summed E-state index contributed by atoms with van der Waals surface area (Å²) in [6, 6.07) is 55.1. The molecule has 0 bridgehead atoms. The van der Waals surface area contributed by atoms with Gasteiger partial charge in [-0.25, -0.2) is 4.98 Å². The third-order valence-electron chi connectivity index (χ3n) is 9.97. The van der Waals surface area contributed by atoms with Gasteiger partial charge in [-0.1, -0.05) is 121 Å². The van der Waals surface area contributed by atoms with Crippen molar-refractivity contribution < 1.29 is 4.42 Å². The van der Waals surface area contributed by atoms with E-state index in [2.05, 4.69) is 120 Å². The fraction of sp³-hybridized carbons (Fsp3) is 0. The van der Waals surface area contributed by atoms with Crippen LogP contribution in [-0.4, -0.2) is 19.5 Å². The highest BCUT2D eigenvalue weighted by atomic mass is 16.3. The Morgan fingerprint density at radius 1 is 0.420 bits per heavy atom. The number of hydrogen-bond acceptors (Lipinski definition) is 4. The van der Waals surface area contributed by atoms with Gasteiger partial charge in [0.05, 0.1) is 16.6 Å². The molecule has 0 spiro atoms. The first-order valence-corrected chi connectivity index (χ1v) is 16.8. The quantitative estimate of drug-likeness (QED) is 0.193. The van der Waals surface area contributed by atoms with Gasteiger partial charge in [0.15, 0.2) is 11.6 Å². The van der Waals surface area contributed by atoms with E-state index in [-0.39, 0.29) is 0 Å². The molecule has 5 heteroatoms. The summed E-state index contributed by atoms with van der Waals surface area (Å²) in [6.07, 6.45) is 0. The second-order valence-electron chi connectivity index (χ2n) is 12.9. The zero-order valence-corrected chi connectivity index (χ0v) is 26.7. The van der Waals surface area contributed by atoms with Crippen molar-refractivity contribution in [3.8, 4) is 28.7 Å². The number of nitrogens with zero attached hydrogens (tertiary/aromatic N) is 4. The Labute approximate surface area is 285 Å². The maximum Gasteiger partial charge on any atom is 0.238 e.